The van der Waals surface area contributed by atoms with Crippen LogP contribution in [0, 0.1) is 0 Å². The van der Waals surface area contributed by atoms with Gasteiger partial charge in [0.15, 0.2) is 0 Å². The van der Waals surface area contributed by atoms with Crippen molar-refractivity contribution in [2.45, 2.75) is 12.5 Å². The Morgan fingerprint density at radius 3 is 2.33 bits per heavy atom. The third-order valence-electron chi connectivity index (χ3n) is 5.69. The molecule has 176 valence electrons. The summed E-state index contributed by atoms with van der Waals surface area (Å²) in [6.45, 7) is 1.16. The number of likely N-dealkylation sites (tertiary alicyclic amines) is 1. The lowest BCUT2D eigenvalue weighted by atomic mass is 9.95. The van der Waals surface area contributed by atoms with E-state index in [9.17, 15) is 14.7 Å². The van der Waals surface area contributed by atoms with Crippen molar-refractivity contribution < 1.29 is 19.4 Å². The molecule has 0 spiro atoms. The maximum atomic E-state index is 13.1. The monoisotopic (exact) mass is 471 g/mol. The molecule has 0 bridgehead atoms. The van der Waals surface area contributed by atoms with Gasteiger partial charge in [-0.3, -0.25) is 9.59 Å². The highest BCUT2D eigenvalue weighted by Crippen LogP contribution is 2.40. The van der Waals surface area contributed by atoms with Crippen LogP contribution in [0.15, 0.2) is 48.0 Å². The molecule has 33 heavy (non-hydrogen) atoms. The van der Waals surface area contributed by atoms with Gasteiger partial charge in [-0.2, -0.15) is 0 Å². The van der Waals surface area contributed by atoms with Gasteiger partial charge in [0.05, 0.1) is 23.7 Å². The number of amides is 1. The highest BCUT2D eigenvalue weighted by atomic mass is 35.5. The molecule has 2 aromatic carbocycles. The van der Waals surface area contributed by atoms with E-state index in [1.807, 2.05) is 62.3 Å². The Hall–Kier alpha value is -3.03. The van der Waals surface area contributed by atoms with E-state index < -0.39 is 17.7 Å². The summed E-state index contributed by atoms with van der Waals surface area (Å²) in [5.74, 6) is -1.20. The summed E-state index contributed by atoms with van der Waals surface area (Å²) < 4.78 is 5.25. The summed E-state index contributed by atoms with van der Waals surface area (Å²) in [7, 11) is 9.27. The molecule has 2 aromatic rings. The minimum Gasteiger partial charge on any atom is -0.507 e. The van der Waals surface area contributed by atoms with Crippen LogP contribution in [0.3, 0.4) is 0 Å². The molecular formula is C25H30ClN3O4. The summed E-state index contributed by atoms with van der Waals surface area (Å²) in [6, 6.07) is 11.7. The van der Waals surface area contributed by atoms with Crippen LogP contribution in [-0.4, -0.2) is 75.0 Å². The SMILES string of the molecule is COc1cc(/C(O)=C2/C(=O)C(=O)N(CCCN(C)C)C2c2ccc(N(C)C)cc2)ccc1Cl. The van der Waals surface area contributed by atoms with E-state index in [0.717, 1.165) is 17.8 Å². The summed E-state index contributed by atoms with van der Waals surface area (Å²) in [4.78, 5) is 31.7. The quantitative estimate of drug-likeness (QED) is 0.359. The van der Waals surface area contributed by atoms with Crippen molar-refractivity contribution in [3.8, 4) is 5.75 Å². The lowest BCUT2D eigenvalue weighted by Gasteiger charge is -2.26. The molecule has 1 unspecified atom stereocenters. The first-order chi connectivity index (χ1) is 15.6. The Balaban J connectivity index is 2.11. The fourth-order valence-electron chi connectivity index (χ4n) is 3.93. The second-order valence-electron chi connectivity index (χ2n) is 8.48. The number of benzene rings is 2. The second-order valence-corrected chi connectivity index (χ2v) is 8.89. The number of halogens is 1. The predicted octanol–water partition coefficient (Wildman–Crippen LogP) is 3.79. The third-order valence-corrected chi connectivity index (χ3v) is 6.01. The van der Waals surface area contributed by atoms with Gasteiger partial charge in [-0.15, -0.1) is 0 Å². The number of carbonyl (C=O) groups is 2. The van der Waals surface area contributed by atoms with Gasteiger partial charge in [-0.05, 0) is 63.0 Å². The van der Waals surface area contributed by atoms with Crippen LogP contribution in [0.2, 0.25) is 5.02 Å². The van der Waals surface area contributed by atoms with Gasteiger partial charge in [0.1, 0.15) is 11.5 Å². The first-order valence-corrected chi connectivity index (χ1v) is 11.1. The number of carbonyl (C=O) groups excluding carboxylic acids is 2. The van der Waals surface area contributed by atoms with Gasteiger partial charge in [-0.1, -0.05) is 23.7 Å². The summed E-state index contributed by atoms with van der Waals surface area (Å²) in [5.41, 5.74) is 2.17. The number of hydrogen-bond acceptors (Lipinski definition) is 6. The molecule has 1 N–H and O–H groups in total. The van der Waals surface area contributed by atoms with E-state index in [0.29, 0.717) is 29.3 Å². The summed E-state index contributed by atoms with van der Waals surface area (Å²) in [6.07, 6.45) is 0.696. The molecule has 0 aromatic heterocycles. The minimum absolute atomic E-state index is 0.0619. The molecule has 8 heteroatoms. The molecular weight excluding hydrogens is 442 g/mol. The normalized spacial score (nSPS) is 17.7. The van der Waals surface area contributed by atoms with Crippen LogP contribution in [0.4, 0.5) is 5.69 Å². The topological polar surface area (TPSA) is 73.3 Å². The van der Waals surface area contributed by atoms with Crippen molar-refractivity contribution in [2.75, 3.05) is 53.3 Å². The molecule has 1 saturated heterocycles. The molecule has 1 aliphatic heterocycles. The van der Waals surface area contributed by atoms with Crippen LogP contribution in [0.5, 0.6) is 5.75 Å². The number of aliphatic hydroxyl groups is 1. The van der Waals surface area contributed by atoms with E-state index in [-0.39, 0.29) is 11.3 Å². The Labute approximate surface area is 199 Å². The van der Waals surface area contributed by atoms with Crippen LogP contribution < -0.4 is 9.64 Å². The van der Waals surface area contributed by atoms with Crippen molar-refractivity contribution in [1.29, 1.82) is 0 Å². The maximum absolute atomic E-state index is 13.1. The number of anilines is 1. The summed E-state index contributed by atoms with van der Waals surface area (Å²) >= 11 is 6.12. The average molecular weight is 472 g/mol. The van der Waals surface area contributed by atoms with E-state index in [2.05, 4.69) is 0 Å². The van der Waals surface area contributed by atoms with Gasteiger partial charge >= 0.3 is 0 Å². The third kappa shape index (κ3) is 5.15. The lowest BCUT2D eigenvalue weighted by molar-refractivity contribution is -0.139. The van der Waals surface area contributed by atoms with Crippen molar-refractivity contribution in [3.05, 3.63) is 64.2 Å². The molecule has 1 amide bonds. The molecule has 3 rings (SSSR count). The van der Waals surface area contributed by atoms with Crippen molar-refractivity contribution in [1.82, 2.24) is 9.80 Å². The molecule has 1 atom stereocenters. The molecule has 0 aliphatic carbocycles. The molecule has 0 radical (unpaired) electrons. The number of Topliss-reactive ketones (excluding diaryl/α,β-unsaturated/α-hetero) is 1. The Kier molecular flexibility index (Phi) is 7.66. The van der Waals surface area contributed by atoms with Crippen LogP contribution >= 0.6 is 11.6 Å². The number of ketones is 1. The predicted molar refractivity (Wildman–Crippen MR) is 131 cm³/mol. The lowest BCUT2D eigenvalue weighted by Crippen LogP contribution is -2.32. The number of methoxy groups -OCH3 is 1. The number of nitrogens with zero attached hydrogens (tertiary/aromatic N) is 3. The number of hydrogen-bond donors (Lipinski definition) is 1. The Morgan fingerprint density at radius 2 is 1.76 bits per heavy atom. The van der Waals surface area contributed by atoms with Crippen LogP contribution in [0.25, 0.3) is 5.76 Å². The number of aliphatic hydroxyl groups excluding tert-OH is 1. The standard InChI is InChI=1S/C25H30ClN3O4/c1-27(2)13-6-14-29-22(16-7-10-18(11-8-16)28(3)4)21(24(31)25(29)32)23(30)17-9-12-19(26)20(15-17)33-5/h7-12,15,22,30H,6,13-14H2,1-5H3/b23-21-. The molecule has 0 saturated carbocycles. The highest BCUT2D eigenvalue weighted by Gasteiger charge is 2.45. The average Bonchev–Trinajstić information content (AvgIpc) is 3.03. The first-order valence-electron chi connectivity index (χ1n) is 10.7. The fourth-order valence-corrected chi connectivity index (χ4v) is 4.13. The van der Waals surface area contributed by atoms with Gasteiger partial charge in [0.25, 0.3) is 11.7 Å². The van der Waals surface area contributed by atoms with Gasteiger partial charge in [-0.25, -0.2) is 0 Å². The smallest absolute Gasteiger partial charge is 0.295 e. The van der Waals surface area contributed by atoms with Crippen LogP contribution in [0.1, 0.15) is 23.6 Å². The molecule has 1 aliphatic rings. The summed E-state index contributed by atoms with van der Waals surface area (Å²) in [5, 5.41) is 11.6. The molecule has 1 fully saturated rings. The van der Waals surface area contributed by atoms with Crippen LogP contribution in [-0.2, 0) is 9.59 Å². The van der Waals surface area contributed by atoms with Crippen molar-refractivity contribution in [3.63, 3.8) is 0 Å². The van der Waals surface area contributed by atoms with Gasteiger partial charge in [0.2, 0.25) is 0 Å². The Bertz CT molecular complexity index is 1060. The number of rotatable bonds is 8. The maximum Gasteiger partial charge on any atom is 0.295 e. The molecule has 7 nitrogen and oxygen atoms in total. The van der Waals surface area contributed by atoms with Crippen molar-refractivity contribution in [2.24, 2.45) is 0 Å². The zero-order valence-corrected chi connectivity index (χ0v) is 20.4. The van der Waals surface area contributed by atoms with E-state index >= 15 is 0 Å². The van der Waals surface area contributed by atoms with E-state index in [4.69, 9.17) is 16.3 Å². The second kappa shape index (κ2) is 10.3. The molecule has 1 heterocycles. The largest absolute Gasteiger partial charge is 0.507 e. The highest BCUT2D eigenvalue weighted by molar-refractivity contribution is 6.46. The fraction of sp³-hybridized carbons (Fsp3) is 0.360. The van der Waals surface area contributed by atoms with Gasteiger partial charge in [0, 0.05) is 31.9 Å². The van der Waals surface area contributed by atoms with E-state index in [1.165, 1.54) is 7.11 Å². The van der Waals surface area contributed by atoms with E-state index in [1.54, 1.807) is 23.1 Å². The van der Waals surface area contributed by atoms with Crippen molar-refractivity contribution >= 4 is 34.7 Å². The zero-order valence-electron chi connectivity index (χ0n) is 19.6. The first kappa shape index (κ1) is 24.6. The minimum atomic E-state index is -0.701. The zero-order chi connectivity index (χ0) is 24.3. The Morgan fingerprint density at radius 1 is 1.09 bits per heavy atom. The van der Waals surface area contributed by atoms with Gasteiger partial charge < -0.3 is 24.5 Å². The number of ether oxygens (including phenoxy) is 1.